The van der Waals surface area contributed by atoms with Gasteiger partial charge in [-0.1, -0.05) is 91.0 Å². The summed E-state index contributed by atoms with van der Waals surface area (Å²) >= 11 is 0. The van der Waals surface area contributed by atoms with E-state index in [4.69, 9.17) is 10.1 Å². The lowest BCUT2D eigenvalue weighted by atomic mass is 10.1. The van der Waals surface area contributed by atoms with Crippen molar-refractivity contribution >= 4 is 11.5 Å². The molecule has 3 aromatic carbocycles. The number of anilines is 1. The molecule has 6 aromatic rings. The van der Waals surface area contributed by atoms with Crippen LogP contribution in [0.5, 0.6) is 0 Å². The third kappa shape index (κ3) is 4.59. The number of nitrogens with zero attached hydrogens (tertiary/aromatic N) is 5. The Morgan fingerprint density at radius 3 is 1.78 bits per heavy atom. The van der Waals surface area contributed by atoms with Gasteiger partial charge in [-0.15, -0.1) is 5.10 Å². The molecule has 0 saturated heterocycles. The first-order valence-corrected chi connectivity index (χ1v) is 12.0. The third-order valence-electron chi connectivity index (χ3n) is 6.22. The fraction of sp³-hybridized carbons (Fsp3) is 0.0645. The molecule has 36 heavy (non-hydrogen) atoms. The van der Waals surface area contributed by atoms with Gasteiger partial charge in [0.05, 0.1) is 0 Å². The summed E-state index contributed by atoms with van der Waals surface area (Å²) in [4.78, 5) is 11.5. The zero-order valence-corrected chi connectivity index (χ0v) is 19.8. The minimum Gasteiger partial charge on any atom is -0.348 e. The van der Waals surface area contributed by atoms with Crippen LogP contribution < -0.4 is 4.90 Å². The molecule has 0 fully saturated rings. The normalized spacial score (nSPS) is 11.0. The van der Waals surface area contributed by atoms with Crippen LogP contribution in [0.25, 0.3) is 28.2 Å². The summed E-state index contributed by atoms with van der Waals surface area (Å²) in [6.45, 7) is 1.48. The molecule has 0 spiro atoms. The average molecular weight is 468 g/mol. The van der Waals surface area contributed by atoms with Gasteiger partial charge in [0.1, 0.15) is 5.82 Å². The molecule has 0 unspecified atom stereocenters. The highest BCUT2D eigenvalue weighted by atomic mass is 15.4. The largest absolute Gasteiger partial charge is 0.348 e. The van der Waals surface area contributed by atoms with Crippen LogP contribution in [-0.2, 0) is 13.1 Å². The van der Waals surface area contributed by atoms with Crippen molar-refractivity contribution in [3.05, 3.63) is 139 Å². The van der Waals surface area contributed by atoms with Gasteiger partial charge >= 0.3 is 0 Å². The van der Waals surface area contributed by atoms with Crippen LogP contribution in [0.15, 0.2) is 128 Å². The lowest BCUT2D eigenvalue weighted by Crippen LogP contribution is -2.24. The van der Waals surface area contributed by atoms with Gasteiger partial charge in [-0.2, -0.15) is 4.52 Å². The van der Waals surface area contributed by atoms with Crippen molar-refractivity contribution in [3.63, 3.8) is 0 Å². The van der Waals surface area contributed by atoms with E-state index in [-0.39, 0.29) is 0 Å². The van der Waals surface area contributed by atoms with Gasteiger partial charge in [0.25, 0.3) is 0 Å². The van der Waals surface area contributed by atoms with E-state index in [2.05, 4.69) is 82.7 Å². The summed E-state index contributed by atoms with van der Waals surface area (Å²) in [5.74, 6) is 1.70. The second-order valence-corrected chi connectivity index (χ2v) is 8.74. The number of hydrogen-bond donors (Lipinski definition) is 0. The molecule has 0 N–H and O–H groups in total. The Balaban J connectivity index is 1.53. The quantitative estimate of drug-likeness (QED) is 0.263. The van der Waals surface area contributed by atoms with Gasteiger partial charge in [0.15, 0.2) is 11.5 Å². The molecule has 0 aliphatic rings. The van der Waals surface area contributed by atoms with E-state index >= 15 is 0 Å². The van der Waals surface area contributed by atoms with Gasteiger partial charge in [-0.05, 0) is 46.5 Å². The minimum atomic E-state index is 0.711. The first-order chi connectivity index (χ1) is 17.8. The molecule has 0 aliphatic carbocycles. The fourth-order valence-corrected chi connectivity index (χ4v) is 4.44. The van der Waals surface area contributed by atoms with E-state index in [0.717, 1.165) is 41.2 Å². The summed E-state index contributed by atoms with van der Waals surface area (Å²) in [6.07, 6.45) is 3.65. The number of hydrogen-bond acceptors (Lipinski definition) is 4. The molecular formula is C31H25N5. The summed E-state index contributed by atoms with van der Waals surface area (Å²) in [5.41, 5.74) is 6.45. The van der Waals surface area contributed by atoms with Crippen LogP contribution in [0.1, 0.15) is 11.1 Å². The van der Waals surface area contributed by atoms with Crippen molar-refractivity contribution in [1.82, 2.24) is 19.6 Å². The van der Waals surface area contributed by atoms with E-state index in [1.165, 1.54) is 11.1 Å². The number of benzene rings is 3. The zero-order chi connectivity index (χ0) is 24.2. The molecule has 0 radical (unpaired) electrons. The van der Waals surface area contributed by atoms with Crippen molar-refractivity contribution in [2.75, 3.05) is 4.90 Å². The smallest absolute Gasteiger partial charge is 0.182 e. The maximum atomic E-state index is 4.97. The first kappa shape index (κ1) is 21.7. The van der Waals surface area contributed by atoms with Crippen molar-refractivity contribution in [1.29, 1.82) is 0 Å². The highest BCUT2D eigenvalue weighted by Gasteiger charge is 2.18. The third-order valence-corrected chi connectivity index (χ3v) is 6.22. The van der Waals surface area contributed by atoms with E-state index in [0.29, 0.717) is 5.82 Å². The summed E-state index contributed by atoms with van der Waals surface area (Å²) in [6, 6.07) is 39.6. The van der Waals surface area contributed by atoms with Crippen molar-refractivity contribution < 1.29 is 0 Å². The Morgan fingerprint density at radius 1 is 0.583 bits per heavy atom. The van der Waals surface area contributed by atoms with Crippen LogP contribution in [-0.4, -0.2) is 19.6 Å². The van der Waals surface area contributed by atoms with Crippen molar-refractivity contribution in [2.24, 2.45) is 0 Å². The Morgan fingerprint density at radius 2 is 1.17 bits per heavy atom. The lowest BCUT2D eigenvalue weighted by Gasteiger charge is -2.26. The molecule has 0 saturated carbocycles. The molecule has 0 bridgehead atoms. The molecule has 6 rings (SSSR count). The van der Waals surface area contributed by atoms with Crippen molar-refractivity contribution in [2.45, 2.75) is 13.1 Å². The van der Waals surface area contributed by atoms with Gasteiger partial charge < -0.3 is 4.90 Å². The number of fused-ring (bicyclic) bond motifs is 1. The molecule has 0 aliphatic heterocycles. The maximum Gasteiger partial charge on any atom is 0.182 e. The summed E-state index contributed by atoms with van der Waals surface area (Å²) in [5, 5.41) is 4.97. The van der Waals surface area contributed by atoms with Crippen LogP contribution in [0.3, 0.4) is 0 Å². The summed E-state index contributed by atoms with van der Waals surface area (Å²) < 4.78 is 1.97. The molecule has 174 valence electrons. The maximum absolute atomic E-state index is 4.97. The second kappa shape index (κ2) is 9.84. The monoisotopic (exact) mass is 467 g/mol. The second-order valence-electron chi connectivity index (χ2n) is 8.74. The molecule has 3 heterocycles. The molecule has 5 nitrogen and oxygen atoms in total. The predicted molar refractivity (Wildman–Crippen MR) is 144 cm³/mol. The van der Waals surface area contributed by atoms with Crippen LogP contribution in [0.2, 0.25) is 0 Å². The Kier molecular flexibility index (Phi) is 5.94. The molecule has 0 atom stereocenters. The van der Waals surface area contributed by atoms with Gasteiger partial charge in [0.2, 0.25) is 0 Å². The molecular weight excluding hydrogens is 442 g/mol. The first-order valence-electron chi connectivity index (χ1n) is 12.0. The van der Waals surface area contributed by atoms with Gasteiger partial charge in [0, 0.05) is 31.0 Å². The number of pyridine rings is 2. The zero-order valence-electron chi connectivity index (χ0n) is 19.8. The standard InChI is InChI=1S/C31H25N5/c1-4-10-24(11-5-1)22-35(23-25-12-6-2-7-13-25)30-21-28(26-16-18-32-19-17-26)20-29-33-31(34-36(29)30)27-14-8-3-9-15-27/h1-21H,22-23H2. The topological polar surface area (TPSA) is 46.3 Å². The molecule has 3 aromatic heterocycles. The van der Waals surface area contributed by atoms with Crippen LogP contribution in [0, 0.1) is 0 Å². The Hall–Kier alpha value is -4.77. The Labute approximate surface area is 210 Å². The molecule has 0 amide bonds. The van der Waals surface area contributed by atoms with Crippen molar-refractivity contribution in [3.8, 4) is 22.5 Å². The van der Waals surface area contributed by atoms with Crippen LogP contribution in [0.4, 0.5) is 5.82 Å². The van der Waals surface area contributed by atoms with E-state index in [9.17, 15) is 0 Å². The average Bonchev–Trinajstić information content (AvgIpc) is 3.39. The number of rotatable bonds is 7. The summed E-state index contributed by atoms with van der Waals surface area (Å²) in [7, 11) is 0. The van der Waals surface area contributed by atoms with E-state index < -0.39 is 0 Å². The van der Waals surface area contributed by atoms with Gasteiger partial charge in [-0.25, -0.2) is 4.98 Å². The SMILES string of the molecule is c1ccc(CN(Cc2ccccc2)c2cc(-c3ccncc3)cc3nc(-c4ccccc4)nn23)cc1. The van der Waals surface area contributed by atoms with E-state index in [1.54, 1.807) is 0 Å². The number of aromatic nitrogens is 4. The van der Waals surface area contributed by atoms with E-state index in [1.807, 2.05) is 59.4 Å². The van der Waals surface area contributed by atoms with Crippen LogP contribution >= 0.6 is 0 Å². The highest BCUT2D eigenvalue weighted by Crippen LogP contribution is 2.30. The predicted octanol–water partition coefficient (Wildman–Crippen LogP) is 6.67. The highest BCUT2D eigenvalue weighted by molar-refractivity contribution is 5.73. The van der Waals surface area contributed by atoms with Gasteiger partial charge in [-0.3, -0.25) is 4.98 Å². The molecule has 5 heteroatoms. The lowest BCUT2D eigenvalue weighted by molar-refractivity contribution is 0.757. The Bertz CT molecular complexity index is 1520. The minimum absolute atomic E-state index is 0.711. The fourth-order valence-electron chi connectivity index (χ4n) is 4.44.